The average molecular weight is 320 g/mol. The van der Waals surface area contributed by atoms with Crippen LogP contribution >= 0.6 is 27.7 Å². The molecule has 2 aromatic carbocycles. The highest BCUT2D eigenvalue weighted by atomic mass is 79.9. The fraction of sp³-hybridized carbons (Fsp3) is 0. The minimum absolute atomic E-state index is 0.741. The van der Waals surface area contributed by atoms with Crippen LogP contribution in [0.4, 0.5) is 5.69 Å². The van der Waals surface area contributed by atoms with E-state index in [-0.39, 0.29) is 0 Å². The van der Waals surface area contributed by atoms with E-state index < -0.39 is 0 Å². The molecule has 3 N–H and O–H groups in total. The van der Waals surface area contributed by atoms with Crippen LogP contribution in [0.1, 0.15) is 0 Å². The van der Waals surface area contributed by atoms with Gasteiger partial charge in [0, 0.05) is 15.1 Å². The Morgan fingerprint density at radius 3 is 2.89 bits per heavy atom. The van der Waals surface area contributed by atoms with Crippen molar-refractivity contribution in [2.24, 2.45) is 0 Å². The molecule has 0 unspecified atom stereocenters. The predicted molar refractivity (Wildman–Crippen MR) is 78.8 cm³/mol. The lowest BCUT2D eigenvalue weighted by Crippen LogP contribution is -1.82. The minimum atomic E-state index is 0.741. The zero-order valence-electron chi connectivity index (χ0n) is 9.35. The Kier molecular flexibility index (Phi) is 3.01. The van der Waals surface area contributed by atoms with Crippen LogP contribution in [-0.4, -0.2) is 9.97 Å². The number of halogens is 1. The first kappa shape index (κ1) is 11.6. The lowest BCUT2D eigenvalue weighted by atomic mass is 10.3. The van der Waals surface area contributed by atoms with Crippen molar-refractivity contribution in [1.29, 1.82) is 0 Å². The summed E-state index contributed by atoms with van der Waals surface area (Å²) in [6, 6.07) is 13.8. The first-order chi connectivity index (χ1) is 8.70. The standard InChI is InChI=1S/C13H10BrN3S/c14-8-2-1-3-10(6-8)18-13-16-11-5-4-9(15)7-12(11)17-13/h1-7H,15H2,(H,16,17). The molecule has 5 heteroatoms. The largest absolute Gasteiger partial charge is 0.399 e. The summed E-state index contributed by atoms with van der Waals surface area (Å²) < 4.78 is 1.06. The number of aromatic nitrogens is 2. The average Bonchev–Trinajstić information content (AvgIpc) is 2.70. The Labute approximate surface area is 117 Å². The number of hydrogen-bond acceptors (Lipinski definition) is 3. The minimum Gasteiger partial charge on any atom is -0.399 e. The van der Waals surface area contributed by atoms with E-state index in [1.165, 1.54) is 0 Å². The highest BCUT2D eigenvalue weighted by Gasteiger charge is 2.05. The summed E-state index contributed by atoms with van der Waals surface area (Å²) >= 11 is 5.06. The number of anilines is 1. The molecule has 18 heavy (non-hydrogen) atoms. The number of rotatable bonds is 2. The molecule has 0 saturated carbocycles. The molecule has 3 aromatic rings. The molecule has 0 amide bonds. The highest BCUT2D eigenvalue weighted by molar-refractivity contribution is 9.10. The molecule has 0 saturated heterocycles. The molecule has 0 radical (unpaired) electrons. The molecule has 0 aliphatic rings. The number of imidazole rings is 1. The molecular formula is C13H10BrN3S. The SMILES string of the molecule is Nc1ccc2nc(Sc3cccc(Br)c3)[nH]c2c1. The van der Waals surface area contributed by atoms with Gasteiger partial charge in [-0.25, -0.2) is 4.98 Å². The second-order valence-electron chi connectivity index (χ2n) is 3.88. The Morgan fingerprint density at radius 1 is 1.17 bits per heavy atom. The number of benzene rings is 2. The van der Waals surface area contributed by atoms with Crippen LogP contribution in [0.5, 0.6) is 0 Å². The first-order valence-corrected chi connectivity index (χ1v) is 7.00. The second kappa shape index (κ2) is 4.66. The molecule has 0 aliphatic heterocycles. The molecule has 3 rings (SSSR count). The molecule has 1 heterocycles. The van der Waals surface area contributed by atoms with Crippen molar-refractivity contribution in [3.05, 3.63) is 46.9 Å². The lowest BCUT2D eigenvalue weighted by molar-refractivity contribution is 1.08. The number of nitrogens with one attached hydrogen (secondary N) is 1. The number of aromatic amines is 1. The van der Waals surface area contributed by atoms with Gasteiger partial charge in [-0.2, -0.15) is 0 Å². The Hall–Kier alpha value is -1.46. The van der Waals surface area contributed by atoms with Gasteiger partial charge in [-0.05, 0) is 36.4 Å². The van der Waals surface area contributed by atoms with Gasteiger partial charge < -0.3 is 10.7 Å². The van der Waals surface area contributed by atoms with Crippen LogP contribution in [0.2, 0.25) is 0 Å². The summed E-state index contributed by atoms with van der Waals surface area (Å²) in [5.74, 6) is 0. The number of fused-ring (bicyclic) bond motifs is 1. The van der Waals surface area contributed by atoms with E-state index in [2.05, 4.69) is 38.0 Å². The zero-order valence-corrected chi connectivity index (χ0v) is 11.8. The van der Waals surface area contributed by atoms with Crippen molar-refractivity contribution in [2.75, 3.05) is 5.73 Å². The number of nitrogen functional groups attached to an aromatic ring is 1. The summed E-state index contributed by atoms with van der Waals surface area (Å²) in [7, 11) is 0. The van der Waals surface area contributed by atoms with Crippen molar-refractivity contribution in [2.45, 2.75) is 10.1 Å². The third kappa shape index (κ3) is 2.37. The predicted octanol–water partition coefficient (Wildman–Crippen LogP) is 4.06. The maximum Gasteiger partial charge on any atom is 0.171 e. The third-order valence-corrected chi connectivity index (χ3v) is 3.86. The van der Waals surface area contributed by atoms with Crippen LogP contribution in [0, 0.1) is 0 Å². The smallest absolute Gasteiger partial charge is 0.171 e. The Balaban J connectivity index is 1.95. The quantitative estimate of drug-likeness (QED) is 0.700. The fourth-order valence-corrected chi connectivity index (χ4v) is 3.11. The summed E-state index contributed by atoms with van der Waals surface area (Å²) in [5, 5.41) is 0.869. The van der Waals surface area contributed by atoms with Crippen molar-refractivity contribution in [3.8, 4) is 0 Å². The monoisotopic (exact) mass is 319 g/mol. The molecule has 3 nitrogen and oxygen atoms in total. The second-order valence-corrected chi connectivity index (χ2v) is 5.86. The van der Waals surface area contributed by atoms with Gasteiger partial charge in [-0.1, -0.05) is 33.8 Å². The van der Waals surface area contributed by atoms with Gasteiger partial charge in [0.15, 0.2) is 5.16 Å². The molecule has 0 aliphatic carbocycles. The van der Waals surface area contributed by atoms with E-state index >= 15 is 0 Å². The summed E-state index contributed by atoms with van der Waals surface area (Å²) in [5.41, 5.74) is 8.38. The number of hydrogen-bond donors (Lipinski definition) is 2. The van der Waals surface area contributed by atoms with Gasteiger partial charge in [0.25, 0.3) is 0 Å². The van der Waals surface area contributed by atoms with Crippen molar-refractivity contribution >= 4 is 44.4 Å². The van der Waals surface area contributed by atoms with Crippen LogP contribution in [0.25, 0.3) is 11.0 Å². The molecule has 0 spiro atoms. The van der Waals surface area contributed by atoms with Crippen molar-refractivity contribution in [1.82, 2.24) is 9.97 Å². The van der Waals surface area contributed by atoms with Gasteiger partial charge in [0.2, 0.25) is 0 Å². The Morgan fingerprint density at radius 2 is 2.06 bits per heavy atom. The van der Waals surface area contributed by atoms with Gasteiger partial charge in [0.05, 0.1) is 11.0 Å². The summed E-state index contributed by atoms with van der Waals surface area (Å²) in [6.45, 7) is 0. The normalized spacial score (nSPS) is 10.9. The summed E-state index contributed by atoms with van der Waals surface area (Å²) in [6.07, 6.45) is 0. The third-order valence-electron chi connectivity index (χ3n) is 2.49. The maximum absolute atomic E-state index is 5.74. The van der Waals surface area contributed by atoms with E-state index in [1.807, 2.05) is 30.3 Å². The van der Waals surface area contributed by atoms with Gasteiger partial charge in [-0.3, -0.25) is 0 Å². The highest BCUT2D eigenvalue weighted by Crippen LogP contribution is 2.29. The van der Waals surface area contributed by atoms with Gasteiger partial charge in [0.1, 0.15) is 0 Å². The van der Waals surface area contributed by atoms with E-state index in [9.17, 15) is 0 Å². The maximum atomic E-state index is 5.74. The first-order valence-electron chi connectivity index (χ1n) is 5.39. The van der Waals surface area contributed by atoms with E-state index in [0.29, 0.717) is 0 Å². The molecule has 0 bridgehead atoms. The fourth-order valence-electron chi connectivity index (χ4n) is 1.69. The molecule has 90 valence electrons. The topological polar surface area (TPSA) is 54.7 Å². The molecular weight excluding hydrogens is 310 g/mol. The zero-order chi connectivity index (χ0) is 12.5. The van der Waals surface area contributed by atoms with E-state index in [0.717, 1.165) is 31.2 Å². The van der Waals surface area contributed by atoms with E-state index in [1.54, 1.807) is 11.8 Å². The van der Waals surface area contributed by atoms with Crippen LogP contribution in [0.3, 0.4) is 0 Å². The van der Waals surface area contributed by atoms with Crippen molar-refractivity contribution in [3.63, 3.8) is 0 Å². The van der Waals surface area contributed by atoms with E-state index in [4.69, 9.17) is 5.73 Å². The number of nitrogens with zero attached hydrogens (tertiary/aromatic N) is 1. The van der Waals surface area contributed by atoms with Crippen molar-refractivity contribution < 1.29 is 0 Å². The van der Waals surface area contributed by atoms with Crippen LogP contribution in [-0.2, 0) is 0 Å². The molecule has 0 fully saturated rings. The summed E-state index contributed by atoms with van der Waals surface area (Å²) in [4.78, 5) is 8.91. The number of nitrogens with two attached hydrogens (primary N) is 1. The molecule has 1 aromatic heterocycles. The number of H-pyrrole nitrogens is 1. The lowest BCUT2D eigenvalue weighted by Gasteiger charge is -1.97. The van der Waals surface area contributed by atoms with Crippen LogP contribution < -0.4 is 5.73 Å². The Bertz CT molecular complexity index is 708. The van der Waals surface area contributed by atoms with Crippen LogP contribution in [0.15, 0.2) is 57.0 Å². The van der Waals surface area contributed by atoms with Gasteiger partial charge >= 0.3 is 0 Å². The molecule has 0 atom stereocenters. The van der Waals surface area contributed by atoms with Gasteiger partial charge in [-0.15, -0.1) is 0 Å².